The summed E-state index contributed by atoms with van der Waals surface area (Å²) in [6.45, 7) is 0.340. The average Bonchev–Trinajstić information content (AvgIpc) is 2.65. The van der Waals surface area contributed by atoms with Crippen molar-refractivity contribution in [2.45, 2.75) is 12.6 Å². The summed E-state index contributed by atoms with van der Waals surface area (Å²) in [6.07, 6.45) is 0. The normalized spacial score (nSPS) is 11.5. The van der Waals surface area contributed by atoms with Crippen LogP contribution in [0.4, 0.5) is 0 Å². The molecule has 0 amide bonds. The molecule has 24 heavy (non-hydrogen) atoms. The van der Waals surface area contributed by atoms with E-state index in [1.165, 1.54) is 7.11 Å². The summed E-state index contributed by atoms with van der Waals surface area (Å²) in [5, 5.41) is 0. The Bertz CT molecular complexity index is 645. The van der Waals surface area contributed by atoms with Crippen molar-refractivity contribution in [2.75, 3.05) is 13.7 Å². The molecule has 0 unspecified atom stereocenters. The molecule has 126 valence electrons. The summed E-state index contributed by atoms with van der Waals surface area (Å²) in [7, 11) is 1.26. The molecule has 2 rings (SSSR count). The van der Waals surface area contributed by atoms with Crippen LogP contribution in [0.15, 0.2) is 60.7 Å². The third-order valence-corrected chi connectivity index (χ3v) is 3.19. The highest BCUT2D eigenvalue weighted by atomic mass is 16.7. The lowest BCUT2D eigenvalue weighted by atomic mass is 10.2. The topological polar surface area (TPSA) is 73.9 Å². The monoisotopic (exact) mass is 329 g/mol. The first-order chi connectivity index (χ1) is 11.7. The molecule has 0 fully saturated rings. The molecule has 1 N–H and O–H groups in total. The molecule has 0 heterocycles. The van der Waals surface area contributed by atoms with Crippen LogP contribution in [0.1, 0.15) is 15.9 Å². The lowest BCUT2D eigenvalue weighted by Gasteiger charge is -2.16. The highest BCUT2D eigenvalue weighted by molar-refractivity contribution is 5.89. The SMILES string of the molecule is COC(=O)[C@H](COCc1ccccc1)NOC(=O)c1ccccc1. The van der Waals surface area contributed by atoms with Gasteiger partial charge in [-0.25, -0.2) is 4.79 Å². The van der Waals surface area contributed by atoms with Gasteiger partial charge in [0.05, 0.1) is 25.9 Å². The zero-order chi connectivity index (χ0) is 17.2. The molecule has 0 aliphatic carbocycles. The predicted molar refractivity (Wildman–Crippen MR) is 86.9 cm³/mol. The Labute approximate surface area is 140 Å². The zero-order valence-corrected chi connectivity index (χ0v) is 13.3. The molecular weight excluding hydrogens is 310 g/mol. The first kappa shape index (κ1) is 17.7. The van der Waals surface area contributed by atoms with E-state index in [0.29, 0.717) is 12.2 Å². The summed E-state index contributed by atoms with van der Waals surface area (Å²) < 4.78 is 10.2. The first-order valence-electron chi connectivity index (χ1n) is 7.42. The summed E-state index contributed by atoms with van der Waals surface area (Å²) in [4.78, 5) is 28.6. The minimum absolute atomic E-state index is 0.00361. The first-order valence-corrected chi connectivity index (χ1v) is 7.42. The van der Waals surface area contributed by atoms with Crippen molar-refractivity contribution in [3.8, 4) is 0 Å². The Morgan fingerprint density at radius 2 is 1.62 bits per heavy atom. The third kappa shape index (κ3) is 5.49. The van der Waals surface area contributed by atoms with Gasteiger partial charge in [-0.05, 0) is 17.7 Å². The smallest absolute Gasteiger partial charge is 0.356 e. The van der Waals surface area contributed by atoms with Crippen LogP contribution in [-0.4, -0.2) is 31.7 Å². The van der Waals surface area contributed by atoms with Crippen LogP contribution >= 0.6 is 0 Å². The number of hydrogen-bond acceptors (Lipinski definition) is 6. The van der Waals surface area contributed by atoms with Gasteiger partial charge in [0, 0.05) is 0 Å². The molecule has 0 bridgehead atoms. The van der Waals surface area contributed by atoms with Gasteiger partial charge >= 0.3 is 11.9 Å². The van der Waals surface area contributed by atoms with Gasteiger partial charge in [0.1, 0.15) is 0 Å². The van der Waals surface area contributed by atoms with E-state index in [9.17, 15) is 9.59 Å². The molecule has 0 radical (unpaired) electrons. The number of benzene rings is 2. The molecular formula is C18H19NO5. The molecule has 1 atom stereocenters. The number of methoxy groups -OCH3 is 1. The fraction of sp³-hybridized carbons (Fsp3) is 0.222. The second-order valence-electron chi connectivity index (χ2n) is 4.95. The molecule has 6 nitrogen and oxygen atoms in total. The lowest BCUT2D eigenvalue weighted by Crippen LogP contribution is -2.42. The van der Waals surface area contributed by atoms with Crippen LogP contribution in [0.25, 0.3) is 0 Å². The molecule has 0 aliphatic rings. The van der Waals surface area contributed by atoms with Crippen LogP contribution in [-0.2, 0) is 25.7 Å². The summed E-state index contributed by atoms with van der Waals surface area (Å²) >= 11 is 0. The molecule has 0 saturated heterocycles. The van der Waals surface area contributed by atoms with E-state index in [1.807, 2.05) is 30.3 Å². The van der Waals surface area contributed by atoms with E-state index in [2.05, 4.69) is 10.2 Å². The number of esters is 1. The maximum absolute atomic E-state index is 11.9. The maximum Gasteiger partial charge on any atom is 0.356 e. The van der Waals surface area contributed by atoms with Crippen molar-refractivity contribution in [1.29, 1.82) is 0 Å². The van der Waals surface area contributed by atoms with Gasteiger partial charge in [-0.15, -0.1) is 5.48 Å². The van der Waals surface area contributed by atoms with E-state index >= 15 is 0 Å². The highest BCUT2D eigenvalue weighted by Gasteiger charge is 2.21. The van der Waals surface area contributed by atoms with Crippen LogP contribution < -0.4 is 5.48 Å². The standard InChI is InChI=1S/C18H19NO5/c1-22-18(21)16(13-23-12-14-8-4-2-5-9-14)19-24-17(20)15-10-6-3-7-11-15/h2-11,16,19H,12-13H2,1H3/t16-/m0/s1. The number of rotatable bonds is 8. The number of hydroxylamine groups is 1. The van der Waals surface area contributed by atoms with Gasteiger partial charge in [0.15, 0.2) is 6.04 Å². The number of hydrogen-bond donors (Lipinski definition) is 1. The van der Waals surface area contributed by atoms with Crippen molar-refractivity contribution in [3.05, 3.63) is 71.8 Å². The number of carbonyl (C=O) groups is 2. The Morgan fingerprint density at radius 1 is 1.00 bits per heavy atom. The van der Waals surface area contributed by atoms with E-state index < -0.39 is 18.0 Å². The molecule has 2 aromatic rings. The Balaban J connectivity index is 1.84. The predicted octanol–water partition coefficient (Wildman–Crippen LogP) is 2.11. The van der Waals surface area contributed by atoms with Gasteiger partial charge in [-0.2, -0.15) is 0 Å². The van der Waals surface area contributed by atoms with Crippen LogP contribution in [0, 0.1) is 0 Å². The van der Waals surface area contributed by atoms with Gasteiger partial charge in [-0.3, -0.25) is 4.79 Å². The largest absolute Gasteiger partial charge is 0.468 e. The van der Waals surface area contributed by atoms with Gasteiger partial charge in [-0.1, -0.05) is 48.5 Å². The molecule has 0 saturated carbocycles. The number of carbonyl (C=O) groups excluding carboxylic acids is 2. The van der Waals surface area contributed by atoms with Gasteiger partial charge in [0.25, 0.3) is 0 Å². The molecule has 2 aromatic carbocycles. The van der Waals surface area contributed by atoms with Crippen molar-refractivity contribution in [2.24, 2.45) is 0 Å². The van der Waals surface area contributed by atoms with E-state index in [4.69, 9.17) is 9.57 Å². The minimum Gasteiger partial charge on any atom is -0.468 e. The summed E-state index contributed by atoms with van der Waals surface area (Å²) in [5.74, 6) is -1.17. The van der Waals surface area contributed by atoms with Crippen LogP contribution in [0.5, 0.6) is 0 Å². The maximum atomic E-state index is 11.9. The highest BCUT2D eigenvalue weighted by Crippen LogP contribution is 2.03. The number of ether oxygens (including phenoxy) is 2. The Hall–Kier alpha value is -2.70. The van der Waals surface area contributed by atoms with Crippen LogP contribution in [0.3, 0.4) is 0 Å². The van der Waals surface area contributed by atoms with Gasteiger partial charge in [0.2, 0.25) is 0 Å². The fourth-order valence-corrected chi connectivity index (χ4v) is 1.92. The van der Waals surface area contributed by atoms with Crippen molar-refractivity contribution in [1.82, 2.24) is 5.48 Å². The second-order valence-corrected chi connectivity index (χ2v) is 4.95. The van der Waals surface area contributed by atoms with E-state index in [0.717, 1.165) is 5.56 Å². The molecule has 0 aliphatic heterocycles. The van der Waals surface area contributed by atoms with E-state index in [-0.39, 0.29) is 6.61 Å². The number of nitrogens with one attached hydrogen (secondary N) is 1. The van der Waals surface area contributed by atoms with Crippen LogP contribution in [0.2, 0.25) is 0 Å². The molecule has 6 heteroatoms. The molecule has 0 spiro atoms. The minimum atomic E-state index is -0.911. The van der Waals surface area contributed by atoms with Crippen molar-refractivity contribution >= 4 is 11.9 Å². The summed E-state index contributed by atoms with van der Waals surface area (Å²) in [5.41, 5.74) is 3.75. The van der Waals surface area contributed by atoms with E-state index in [1.54, 1.807) is 30.3 Å². The quantitative estimate of drug-likeness (QED) is 0.591. The Morgan fingerprint density at radius 3 is 2.25 bits per heavy atom. The van der Waals surface area contributed by atoms with Gasteiger partial charge < -0.3 is 14.3 Å². The Kier molecular flexibility index (Phi) is 6.94. The summed E-state index contributed by atoms with van der Waals surface area (Å²) in [6, 6.07) is 17.1. The average molecular weight is 329 g/mol. The second kappa shape index (κ2) is 9.44. The zero-order valence-electron chi connectivity index (χ0n) is 13.3. The van der Waals surface area contributed by atoms with Crippen molar-refractivity contribution in [3.63, 3.8) is 0 Å². The van der Waals surface area contributed by atoms with Crippen molar-refractivity contribution < 1.29 is 23.9 Å². The third-order valence-electron chi connectivity index (χ3n) is 3.19. The fourth-order valence-electron chi connectivity index (χ4n) is 1.92. The molecule has 0 aromatic heterocycles. The lowest BCUT2D eigenvalue weighted by molar-refractivity contribution is -0.148.